The zero-order valence-corrected chi connectivity index (χ0v) is 18.2. The van der Waals surface area contributed by atoms with Gasteiger partial charge in [0.25, 0.3) is 0 Å². The number of nitrogens with zero attached hydrogens (tertiary/aromatic N) is 2. The second-order valence-electron chi connectivity index (χ2n) is 6.33. The summed E-state index contributed by atoms with van der Waals surface area (Å²) in [6.45, 7) is 2.92. The molecule has 0 radical (unpaired) electrons. The highest BCUT2D eigenvalue weighted by Gasteiger charge is 2.31. The zero-order valence-electron chi connectivity index (χ0n) is 15.8. The van der Waals surface area contributed by atoms with Gasteiger partial charge in [-0.2, -0.15) is 4.31 Å². The van der Waals surface area contributed by atoms with E-state index < -0.39 is 10.0 Å². The van der Waals surface area contributed by atoms with Crippen LogP contribution in [0, 0.1) is 0 Å². The summed E-state index contributed by atoms with van der Waals surface area (Å²) in [5, 5.41) is 0.709. The van der Waals surface area contributed by atoms with Gasteiger partial charge >= 0.3 is 0 Å². The molecule has 2 aromatic carbocycles. The molecule has 1 heterocycles. The van der Waals surface area contributed by atoms with Crippen molar-refractivity contribution < 1.29 is 17.9 Å². The molecule has 1 aliphatic rings. The van der Waals surface area contributed by atoms with Crippen LogP contribution in [-0.2, 0) is 16.6 Å². The quantitative estimate of drug-likeness (QED) is 0.681. The Balaban J connectivity index is 0.00000280. The van der Waals surface area contributed by atoms with Gasteiger partial charge in [-0.3, -0.25) is 4.90 Å². The van der Waals surface area contributed by atoms with Crippen molar-refractivity contribution in [2.45, 2.75) is 11.4 Å². The van der Waals surface area contributed by atoms with Crippen LogP contribution >= 0.6 is 24.0 Å². The lowest BCUT2D eigenvalue weighted by atomic mass is 10.2. The summed E-state index contributed by atoms with van der Waals surface area (Å²) < 4.78 is 38.0. The molecule has 28 heavy (non-hydrogen) atoms. The van der Waals surface area contributed by atoms with Crippen molar-refractivity contribution in [2.75, 3.05) is 40.4 Å². The summed E-state index contributed by atoms with van der Waals surface area (Å²) in [4.78, 5) is 2.39. The molecule has 0 atom stereocenters. The molecule has 0 aliphatic carbocycles. The first-order valence-corrected chi connectivity index (χ1v) is 10.4. The predicted octanol–water partition coefficient (Wildman–Crippen LogP) is 3.29. The zero-order chi connectivity index (χ0) is 19.4. The minimum atomic E-state index is -3.63. The maximum atomic E-state index is 13.0. The third-order valence-electron chi connectivity index (χ3n) is 4.62. The maximum Gasteiger partial charge on any atom is 0.246 e. The van der Waals surface area contributed by atoms with Gasteiger partial charge in [0.2, 0.25) is 10.0 Å². The van der Waals surface area contributed by atoms with Crippen LogP contribution in [0.4, 0.5) is 0 Å². The number of benzene rings is 2. The predicted molar refractivity (Wildman–Crippen MR) is 112 cm³/mol. The normalized spacial score (nSPS) is 15.7. The lowest BCUT2D eigenvalue weighted by Crippen LogP contribution is -2.48. The lowest BCUT2D eigenvalue weighted by molar-refractivity contribution is 0.181. The van der Waals surface area contributed by atoms with Crippen LogP contribution in [-0.4, -0.2) is 58.0 Å². The molecule has 6 nitrogen and oxygen atoms in total. The Hall–Kier alpha value is -1.51. The number of ether oxygens (including phenoxy) is 2. The number of rotatable bonds is 6. The van der Waals surface area contributed by atoms with Crippen LogP contribution in [0.5, 0.6) is 11.5 Å². The van der Waals surface area contributed by atoms with Gasteiger partial charge in [-0.1, -0.05) is 23.7 Å². The van der Waals surface area contributed by atoms with Gasteiger partial charge in [-0.05, 0) is 29.8 Å². The molecule has 154 valence electrons. The molecule has 0 saturated carbocycles. The van der Waals surface area contributed by atoms with E-state index in [0.717, 1.165) is 12.1 Å². The van der Waals surface area contributed by atoms with Gasteiger partial charge in [-0.15, -0.1) is 12.4 Å². The lowest BCUT2D eigenvalue weighted by Gasteiger charge is -2.34. The Morgan fingerprint density at radius 2 is 1.71 bits per heavy atom. The summed E-state index contributed by atoms with van der Waals surface area (Å²) in [7, 11) is -0.643. The van der Waals surface area contributed by atoms with Crippen molar-refractivity contribution >= 4 is 34.0 Å². The summed E-state index contributed by atoms with van der Waals surface area (Å²) in [5.74, 6) is 0.841. The minimum absolute atomic E-state index is 0. The van der Waals surface area contributed by atoms with Crippen LogP contribution in [0.3, 0.4) is 0 Å². The standard InChI is InChI=1S/C19H23ClN2O4S.ClH/c1-25-17-6-7-19(18(13-17)26-2)27(23,24)22-10-8-21(9-11-22)14-15-4-3-5-16(20)12-15;/h3-7,12-13H,8-11,14H2,1-2H3;1H. The topological polar surface area (TPSA) is 59.1 Å². The smallest absolute Gasteiger partial charge is 0.246 e. The van der Waals surface area contributed by atoms with E-state index in [1.165, 1.54) is 24.6 Å². The van der Waals surface area contributed by atoms with Crippen LogP contribution in [0.25, 0.3) is 0 Å². The van der Waals surface area contributed by atoms with Gasteiger partial charge in [0.05, 0.1) is 14.2 Å². The van der Waals surface area contributed by atoms with Crippen LogP contribution in [0.1, 0.15) is 5.56 Å². The van der Waals surface area contributed by atoms with E-state index in [1.54, 1.807) is 12.1 Å². The fourth-order valence-electron chi connectivity index (χ4n) is 3.15. The van der Waals surface area contributed by atoms with Crippen molar-refractivity contribution in [3.05, 3.63) is 53.1 Å². The Bertz CT molecular complexity index is 901. The average molecular weight is 447 g/mol. The van der Waals surface area contributed by atoms with E-state index in [-0.39, 0.29) is 23.1 Å². The van der Waals surface area contributed by atoms with Crippen molar-refractivity contribution in [3.8, 4) is 11.5 Å². The van der Waals surface area contributed by atoms with Crippen molar-refractivity contribution in [3.63, 3.8) is 0 Å². The third kappa shape index (κ3) is 5.10. The van der Waals surface area contributed by atoms with E-state index in [0.29, 0.717) is 37.0 Å². The Labute approximate surface area is 177 Å². The number of sulfonamides is 1. The fraction of sp³-hybridized carbons (Fsp3) is 0.368. The summed E-state index contributed by atoms with van der Waals surface area (Å²) in [5.41, 5.74) is 1.12. The Kier molecular flexibility index (Phi) is 7.97. The molecule has 9 heteroatoms. The molecule has 0 aromatic heterocycles. The molecule has 1 saturated heterocycles. The Morgan fingerprint density at radius 1 is 1.00 bits per heavy atom. The highest BCUT2D eigenvalue weighted by Crippen LogP contribution is 2.31. The summed E-state index contributed by atoms with van der Waals surface area (Å²) >= 11 is 6.04. The molecule has 1 aliphatic heterocycles. The molecule has 0 spiro atoms. The molecule has 1 fully saturated rings. The summed E-state index contributed by atoms with van der Waals surface area (Å²) in [6.07, 6.45) is 0. The van der Waals surface area contributed by atoms with E-state index in [9.17, 15) is 8.42 Å². The van der Waals surface area contributed by atoms with Gasteiger partial charge in [0.15, 0.2) is 0 Å². The second-order valence-corrected chi connectivity index (χ2v) is 8.67. The fourth-order valence-corrected chi connectivity index (χ4v) is 4.92. The number of hydrogen-bond acceptors (Lipinski definition) is 5. The van der Waals surface area contributed by atoms with Gasteiger partial charge in [0, 0.05) is 43.8 Å². The van der Waals surface area contributed by atoms with E-state index >= 15 is 0 Å². The molecule has 0 bridgehead atoms. The van der Waals surface area contributed by atoms with Crippen LogP contribution < -0.4 is 9.47 Å². The number of piperazine rings is 1. The Morgan fingerprint density at radius 3 is 2.32 bits per heavy atom. The second kappa shape index (κ2) is 9.80. The SMILES string of the molecule is COc1ccc(S(=O)(=O)N2CCN(Cc3cccc(Cl)c3)CC2)c(OC)c1.Cl. The largest absolute Gasteiger partial charge is 0.497 e. The number of halogens is 2. The van der Waals surface area contributed by atoms with Crippen molar-refractivity contribution in [2.24, 2.45) is 0 Å². The first-order chi connectivity index (χ1) is 12.9. The van der Waals surface area contributed by atoms with Gasteiger partial charge < -0.3 is 9.47 Å². The monoisotopic (exact) mass is 446 g/mol. The third-order valence-corrected chi connectivity index (χ3v) is 6.79. The van der Waals surface area contributed by atoms with E-state index in [4.69, 9.17) is 21.1 Å². The van der Waals surface area contributed by atoms with Gasteiger partial charge in [-0.25, -0.2) is 8.42 Å². The highest BCUT2D eigenvalue weighted by molar-refractivity contribution is 7.89. The maximum absolute atomic E-state index is 13.0. The molecule has 3 rings (SSSR count). The van der Waals surface area contributed by atoms with Crippen molar-refractivity contribution in [1.29, 1.82) is 0 Å². The molecule has 2 aromatic rings. The minimum Gasteiger partial charge on any atom is -0.497 e. The molecule has 0 N–H and O–H groups in total. The van der Waals surface area contributed by atoms with Crippen LogP contribution in [0.2, 0.25) is 5.02 Å². The molecular weight excluding hydrogens is 423 g/mol. The van der Waals surface area contributed by atoms with Gasteiger partial charge in [0.1, 0.15) is 16.4 Å². The van der Waals surface area contributed by atoms with Crippen molar-refractivity contribution in [1.82, 2.24) is 9.21 Å². The first kappa shape index (κ1) is 22.8. The van der Waals surface area contributed by atoms with Crippen LogP contribution in [0.15, 0.2) is 47.4 Å². The first-order valence-electron chi connectivity index (χ1n) is 8.63. The molecular formula is C19H24Cl2N2O4S. The average Bonchev–Trinajstić information content (AvgIpc) is 2.68. The number of hydrogen-bond donors (Lipinski definition) is 0. The summed E-state index contributed by atoms with van der Waals surface area (Å²) in [6, 6.07) is 12.5. The molecule has 0 amide bonds. The molecule has 0 unspecified atom stereocenters. The van der Waals surface area contributed by atoms with E-state index in [2.05, 4.69) is 4.90 Å². The highest BCUT2D eigenvalue weighted by atomic mass is 35.5. The van der Waals surface area contributed by atoms with E-state index in [1.807, 2.05) is 24.3 Å². The number of methoxy groups -OCH3 is 2.